The third-order valence-electron chi connectivity index (χ3n) is 9.34. The lowest BCUT2D eigenvalue weighted by Crippen LogP contribution is -2.56. The lowest BCUT2D eigenvalue weighted by atomic mass is 9.53. The van der Waals surface area contributed by atoms with Crippen LogP contribution in [0.4, 0.5) is 0 Å². The molecule has 1 aromatic carbocycles. The van der Waals surface area contributed by atoms with Crippen molar-refractivity contribution in [2.75, 3.05) is 27.9 Å². The Morgan fingerprint density at radius 1 is 1.09 bits per heavy atom. The molecule has 0 aliphatic heterocycles. The summed E-state index contributed by atoms with van der Waals surface area (Å²) in [5.74, 6) is 1.22. The SMILES string of the molecule is COC[C@]1(OC)CC[C@H]2[C@@H]3CCC4=CC(=O)C(c5ccccc5)CC4=C3C(OC)C[C@@]21C. The van der Waals surface area contributed by atoms with E-state index in [4.69, 9.17) is 14.2 Å². The average Bonchev–Trinajstić information content (AvgIpc) is 3.10. The highest BCUT2D eigenvalue weighted by molar-refractivity contribution is 5.98. The van der Waals surface area contributed by atoms with Crippen molar-refractivity contribution in [3.8, 4) is 0 Å². The van der Waals surface area contributed by atoms with Gasteiger partial charge in [-0.2, -0.15) is 0 Å². The molecule has 4 aliphatic carbocycles. The van der Waals surface area contributed by atoms with Gasteiger partial charge in [0.15, 0.2) is 5.78 Å². The molecule has 0 amide bonds. The number of ether oxygens (including phenoxy) is 3. The van der Waals surface area contributed by atoms with Crippen LogP contribution in [-0.2, 0) is 19.0 Å². The summed E-state index contributed by atoms with van der Waals surface area (Å²) in [6.45, 7) is 3.03. The minimum absolute atomic E-state index is 0.0116. The maximum atomic E-state index is 13.0. The number of fused-ring (bicyclic) bond motifs is 4. The van der Waals surface area contributed by atoms with Gasteiger partial charge in [-0.15, -0.1) is 0 Å². The van der Waals surface area contributed by atoms with Crippen molar-refractivity contribution in [1.82, 2.24) is 0 Å². The lowest BCUT2D eigenvalue weighted by molar-refractivity contribution is -0.161. The first-order valence-corrected chi connectivity index (χ1v) is 12.1. The molecule has 0 spiro atoms. The van der Waals surface area contributed by atoms with Crippen molar-refractivity contribution in [2.45, 2.75) is 63.1 Å². The van der Waals surface area contributed by atoms with E-state index in [9.17, 15) is 4.79 Å². The van der Waals surface area contributed by atoms with Gasteiger partial charge in [0.2, 0.25) is 0 Å². The largest absolute Gasteiger partial charge is 0.382 e. The number of hydrogen-bond donors (Lipinski definition) is 0. The van der Waals surface area contributed by atoms with E-state index >= 15 is 0 Å². The number of allylic oxidation sites excluding steroid dienone is 3. The molecule has 172 valence electrons. The molecule has 0 saturated heterocycles. The van der Waals surface area contributed by atoms with Crippen molar-refractivity contribution >= 4 is 5.78 Å². The fourth-order valence-electron chi connectivity index (χ4n) is 7.71. The molecule has 2 fully saturated rings. The number of rotatable bonds is 5. The zero-order valence-electron chi connectivity index (χ0n) is 19.9. The van der Waals surface area contributed by atoms with E-state index in [0.29, 0.717) is 18.4 Å². The van der Waals surface area contributed by atoms with Gasteiger partial charge in [-0.25, -0.2) is 0 Å². The first-order chi connectivity index (χ1) is 15.5. The standard InChI is InChI=1S/C28H36O4/c1-27-16-25(31-3)26-20(23(27)12-13-28(27,32-4)17-30-2)11-10-19-14-24(29)21(15-22(19)26)18-8-6-5-7-9-18/h5-9,14,20-21,23,25H,10-13,15-17H2,1-4H3/t20-,21?,23-,25?,27-,28+/m0/s1. The van der Waals surface area contributed by atoms with Crippen molar-refractivity contribution in [3.05, 3.63) is 58.7 Å². The maximum Gasteiger partial charge on any atom is 0.163 e. The van der Waals surface area contributed by atoms with Crippen LogP contribution in [0.15, 0.2) is 53.1 Å². The fraction of sp³-hybridized carbons (Fsp3) is 0.607. The maximum absolute atomic E-state index is 13.0. The second kappa shape index (κ2) is 8.23. The van der Waals surface area contributed by atoms with Crippen LogP contribution in [-0.4, -0.2) is 45.4 Å². The zero-order chi connectivity index (χ0) is 22.5. The number of carbonyl (C=O) groups is 1. The molecule has 4 nitrogen and oxygen atoms in total. The first-order valence-electron chi connectivity index (χ1n) is 12.1. The monoisotopic (exact) mass is 436 g/mol. The van der Waals surface area contributed by atoms with Gasteiger partial charge in [0.25, 0.3) is 0 Å². The summed E-state index contributed by atoms with van der Waals surface area (Å²) in [5, 5.41) is 0. The first kappa shape index (κ1) is 22.1. The smallest absolute Gasteiger partial charge is 0.163 e. The van der Waals surface area contributed by atoms with Gasteiger partial charge in [-0.3, -0.25) is 4.79 Å². The molecule has 4 aliphatic rings. The number of carbonyl (C=O) groups excluding carboxylic acids is 1. The highest BCUT2D eigenvalue weighted by atomic mass is 16.5. The number of methoxy groups -OCH3 is 3. The third-order valence-corrected chi connectivity index (χ3v) is 9.34. The number of hydrogen-bond acceptors (Lipinski definition) is 4. The Kier molecular flexibility index (Phi) is 5.68. The molecule has 6 atom stereocenters. The van der Waals surface area contributed by atoms with Gasteiger partial charge in [-0.1, -0.05) is 37.3 Å². The van der Waals surface area contributed by atoms with Gasteiger partial charge in [-0.05, 0) is 78.7 Å². The Hall–Kier alpha value is -1.75. The van der Waals surface area contributed by atoms with Crippen molar-refractivity contribution in [1.29, 1.82) is 0 Å². The van der Waals surface area contributed by atoms with Crippen LogP contribution in [0, 0.1) is 17.3 Å². The van der Waals surface area contributed by atoms with Crippen LogP contribution in [0.25, 0.3) is 0 Å². The van der Waals surface area contributed by atoms with Gasteiger partial charge >= 0.3 is 0 Å². The number of ketones is 1. The molecule has 0 N–H and O–H groups in total. The molecule has 2 saturated carbocycles. The van der Waals surface area contributed by atoms with Crippen LogP contribution in [0.1, 0.15) is 56.9 Å². The average molecular weight is 437 g/mol. The predicted molar refractivity (Wildman–Crippen MR) is 125 cm³/mol. The molecule has 5 rings (SSSR count). The van der Waals surface area contributed by atoms with E-state index in [-0.39, 0.29) is 28.8 Å². The molecule has 32 heavy (non-hydrogen) atoms. The summed E-state index contributed by atoms with van der Waals surface area (Å²) in [6, 6.07) is 10.3. The summed E-state index contributed by atoms with van der Waals surface area (Å²) in [4.78, 5) is 13.0. The van der Waals surface area contributed by atoms with Gasteiger partial charge < -0.3 is 14.2 Å². The Bertz CT molecular complexity index is 947. The zero-order valence-corrected chi connectivity index (χ0v) is 19.9. The Morgan fingerprint density at radius 3 is 2.56 bits per heavy atom. The normalized spacial score (nSPS) is 38.8. The second-order valence-electron chi connectivity index (χ2n) is 10.4. The Balaban J connectivity index is 1.58. The van der Waals surface area contributed by atoms with E-state index in [1.54, 1.807) is 7.11 Å². The van der Waals surface area contributed by atoms with Crippen LogP contribution in [0.3, 0.4) is 0 Å². The fourth-order valence-corrected chi connectivity index (χ4v) is 7.71. The van der Waals surface area contributed by atoms with Crippen molar-refractivity contribution in [3.63, 3.8) is 0 Å². The summed E-state index contributed by atoms with van der Waals surface area (Å²) >= 11 is 0. The van der Waals surface area contributed by atoms with Crippen molar-refractivity contribution < 1.29 is 19.0 Å². The summed E-state index contributed by atoms with van der Waals surface area (Å²) in [7, 11) is 5.47. The van der Waals surface area contributed by atoms with E-state index in [1.165, 1.54) is 16.7 Å². The summed E-state index contributed by atoms with van der Waals surface area (Å²) < 4.78 is 18.1. The quantitative estimate of drug-likeness (QED) is 0.633. The van der Waals surface area contributed by atoms with E-state index in [1.807, 2.05) is 38.5 Å². The minimum atomic E-state index is -0.259. The molecule has 0 radical (unpaired) electrons. The van der Waals surface area contributed by atoms with Crippen molar-refractivity contribution in [2.24, 2.45) is 17.3 Å². The number of benzene rings is 1. The molecule has 1 aromatic rings. The van der Waals surface area contributed by atoms with Crippen LogP contribution in [0.2, 0.25) is 0 Å². The predicted octanol–water partition coefficient (Wildman–Crippen LogP) is 5.24. The molecular weight excluding hydrogens is 400 g/mol. The molecule has 2 unspecified atom stereocenters. The Morgan fingerprint density at radius 2 is 1.88 bits per heavy atom. The molecular formula is C28H36O4. The third kappa shape index (κ3) is 3.10. The topological polar surface area (TPSA) is 44.8 Å². The van der Waals surface area contributed by atoms with Gasteiger partial charge in [0.1, 0.15) is 0 Å². The molecule has 0 heterocycles. The highest BCUT2D eigenvalue weighted by Crippen LogP contribution is 2.65. The van der Waals surface area contributed by atoms with E-state index in [0.717, 1.165) is 44.1 Å². The molecule has 0 aromatic heterocycles. The highest BCUT2D eigenvalue weighted by Gasteiger charge is 2.64. The van der Waals surface area contributed by atoms with E-state index < -0.39 is 0 Å². The summed E-state index contributed by atoms with van der Waals surface area (Å²) in [6.07, 6.45) is 8.03. The Labute approximate surface area is 192 Å². The minimum Gasteiger partial charge on any atom is -0.382 e. The van der Waals surface area contributed by atoms with Crippen LogP contribution < -0.4 is 0 Å². The van der Waals surface area contributed by atoms with Crippen LogP contribution >= 0.6 is 0 Å². The van der Waals surface area contributed by atoms with E-state index in [2.05, 4.69) is 19.1 Å². The van der Waals surface area contributed by atoms with Gasteiger partial charge in [0, 0.05) is 26.7 Å². The molecule has 4 heteroatoms. The lowest BCUT2D eigenvalue weighted by Gasteiger charge is -2.55. The molecule has 0 bridgehead atoms. The van der Waals surface area contributed by atoms with Gasteiger partial charge in [0.05, 0.1) is 24.2 Å². The van der Waals surface area contributed by atoms with Crippen LogP contribution in [0.5, 0.6) is 0 Å². The summed E-state index contributed by atoms with van der Waals surface area (Å²) in [5.41, 5.74) is 5.02. The second-order valence-corrected chi connectivity index (χ2v) is 10.4.